The Morgan fingerprint density at radius 3 is 2.35 bits per heavy atom. The van der Waals surface area contributed by atoms with Gasteiger partial charge in [-0.3, -0.25) is 9.59 Å². The van der Waals surface area contributed by atoms with E-state index in [1.54, 1.807) is 6.07 Å². The average molecular weight is 440 g/mol. The first kappa shape index (κ1) is 23.8. The molecule has 2 aromatic rings. The van der Waals surface area contributed by atoms with Crippen LogP contribution in [0.2, 0.25) is 0 Å². The number of hydrogen-bond donors (Lipinski definition) is 2. The standard InChI is InChI=1S/C21H23F3N2O5/c1-13(2)25-19(27)11-30-17-9-8-14(10-18(17)29-3)20(28)26-15-6-4-5-7-16(15)31-12-21(22,23)24/h4-10,13H,11-12H2,1-3H3,(H,25,27)(H,26,28). The van der Waals surface area contributed by atoms with Gasteiger partial charge in [0.2, 0.25) is 0 Å². The summed E-state index contributed by atoms with van der Waals surface area (Å²) in [5.74, 6) is -0.547. The minimum absolute atomic E-state index is 0.0351. The maximum absolute atomic E-state index is 12.6. The summed E-state index contributed by atoms with van der Waals surface area (Å²) in [5.41, 5.74) is 0.253. The predicted octanol–water partition coefficient (Wildman–Crippen LogP) is 3.79. The maximum Gasteiger partial charge on any atom is 0.422 e. The fraction of sp³-hybridized carbons (Fsp3) is 0.333. The number of benzene rings is 2. The van der Waals surface area contributed by atoms with Gasteiger partial charge in [0.25, 0.3) is 11.8 Å². The number of halogens is 3. The van der Waals surface area contributed by atoms with Gasteiger partial charge >= 0.3 is 6.18 Å². The number of methoxy groups -OCH3 is 1. The van der Waals surface area contributed by atoms with E-state index in [0.717, 1.165) is 0 Å². The van der Waals surface area contributed by atoms with Crippen LogP contribution >= 0.6 is 0 Å². The molecule has 0 aromatic heterocycles. The van der Waals surface area contributed by atoms with E-state index in [0.29, 0.717) is 0 Å². The van der Waals surface area contributed by atoms with Crippen LogP contribution < -0.4 is 24.8 Å². The minimum atomic E-state index is -4.51. The first-order valence-corrected chi connectivity index (χ1v) is 9.29. The lowest BCUT2D eigenvalue weighted by molar-refractivity contribution is -0.153. The summed E-state index contributed by atoms with van der Waals surface area (Å²) in [5, 5.41) is 5.20. The Kier molecular flexibility index (Phi) is 8.12. The van der Waals surface area contributed by atoms with Crippen molar-refractivity contribution in [3.63, 3.8) is 0 Å². The fourth-order valence-electron chi connectivity index (χ4n) is 2.48. The fourth-order valence-corrected chi connectivity index (χ4v) is 2.48. The normalized spacial score (nSPS) is 11.1. The molecule has 2 aromatic carbocycles. The number of carbonyl (C=O) groups is 2. The van der Waals surface area contributed by atoms with Crippen LogP contribution in [0.5, 0.6) is 17.2 Å². The van der Waals surface area contributed by atoms with Crippen LogP contribution in [0.4, 0.5) is 18.9 Å². The highest BCUT2D eigenvalue weighted by Crippen LogP contribution is 2.30. The summed E-state index contributed by atoms with van der Waals surface area (Å²) in [4.78, 5) is 24.3. The Labute approximate surface area is 177 Å². The third-order valence-corrected chi connectivity index (χ3v) is 3.76. The quantitative estimate of drug-likeness (QED) is 0.620. The molecule has 0 aliphatic heterocycles. The molecule has 0 heterocycles. The summed E-state index contributed by atoms with van der Waals surface area (Å²) >= 11 is 0. The van der Waals surface area contributed by atoms with Crippen molar-refractivity contribution in [3.05, 3.63) is 48.0 Å². The molecule has 0 unspecified atom stereocenters. The van der Waals surface area contributed by atoms with Crippen LogP contribution in [0.15, 0.2) is 42.5 Å². The van der Waals surface area contributed by atoms with Gasteiger partial charge in [-0.25, -0.2) is 0 Å². The Balaban J connectivity index is 2.10. The number of carbonyl (C=O) groups excluding carboxylic acids is 2. The minimum Gasteiger partial charge on any atom is -0.493 e. The van der Waals surface area contributed by atoms with Crippen LogP contribution in [0.3, 0.4) is 0 Å². The number of amides is 2. The molecule has 2 N–H and O–H groups in total. The van der Waals surface area contributed by atoms with Gasteiger partial charge in [-0.05, 0) is 44.2 Å². The summed E-state index contributed by atoms with van der Waals surface area (Å²) in [7, 11) is 1.37. The Hall–Kier alpha value is -3.43. The number of anilines is 1. The SMILES string of the molecule is COc1cc(C(=O)Nc2ccccc2OCC(F)(F)F)ccc1OCC(=O)NC(C)C. The van der Waals surface area contributed by atoms with E-state index < -0.39 is 18.7 Å². The third kappa shape index (κ3) is 7.72. The van der Waals surface area contributed by atoms with Gasteiger partial charge in [-0.1, -0.05) is 12.1 Å². The lowest BCUT2D eigenvalue weighted by Gasteiger charge is -2.15. The van der Waals surface area contributed by atoms with E-state index in [-0.39, 0.29) is 47.1 Å². The van der Waals surface area contributed by atoms with Crippen molar-refractivity contribution in [3.8, 4) is 17.2 Å². The zero-order valence-electron chi connectivity index (χ0n) is 17.2. The van der Waals surface area contributed by atoms with E-state index >= 15 is 0 Å². The molecule has 0 atom stereocenters. The lowest BCUT2D eigenvalue weighted by atomic mass is 10.1. The first-order chi connectivity index (χ1) is 14.6. The van der Waals surface area contributed by atoms with Gasteiger partial charge in [0.1, 0.15) is 5.75 Å². The Morgan fingerprint density at radius 2 is 1.71 bits per heavy atom. The molecule has 0 spiro atoms. The van der Waals surface area contributed by atoms with Gasteiger partial charge in [0.05, 0.1) is 12.8 Å². The average Bonchev–Trinajstić information content (AvgIpc) is 2.70. The molecule has 2 amide bonds. The molecule has 10 heteroatoms. The van der Waals surface area contributed by atoms with Crippen molar-refractivity contribution in [1.82, 2.24) is 5.32 Å². The first-order valence-electron chi connectivity index (χ1n) is 9.29. The summed E-state index contributed by atoms with van der Waals surface area (Å²) in [6.45, 7) is 1.92. The second-order valence-electron chi connectivity index (χ2n) is 6.73. The summed E-state index contributed by atoms with van der Waals surface area (Å²) in [6, 6.07) is 10.0. The second kappa shape index (κ2) is 10.6. The van der Waals surface area contributed by atoms with Gasteiger partial charge in [0, 0.05) is 11.6 Å². The summed E-state index contributed by atoms with van der Waals surface area (Å²) in [6.07, 6.45) is -4.51. The molecule has 0 aliphatic rings. The highest BCUT2D eigenvalue weighted by Gasteiger charge is 2.29. The molecule has 0 bridgehead atoms. The second-order valence-corrected chi connectivity index (χ2v) is 6.73. The smallest absolute Gasteiger partial charge is 0.422 e. The van der Waals surface area contributed by atoms with Crippen LogP contribution in [-0.4, -0.2) is 44.4 Å². The van der Waals surface area contributed by atoms with Gasteiger partial charge in [-0.15, -0.1) is 0 Å². The van der Waals surface area contributed by atoms with Crippen LogP contribution in [0, 0.1) is 0 Å². The molecule has 0 saturated heterocycles. The molecule has 7 nitrogen and oxygen atoms in total. The molecule has 31 heavy (non-hydrogen) atoms. The molecule has 168 valence electrons. The monoisotopic (exact) mass is 440 g/mol. The van der Waals surface area contributed by atoms with Crippen LogP contribution in [0.1, 0.15) is 24.2 Å². The van der Waals surface area contributed by atoms with Gasteiger partial charge < -0.3 is 24.8 Å². The van der Waals surface area contributed by atoms with Crippen molar-refractivity contribution in [2.75, 3.05) is 25.6 Å². The van der Waals surface area contributed by atoms with Gasteiger partial charge in [-0.2, -0.15) is 13.2 Å². The van der Waals surface area contributed by atoms with Crippen molar-refractivity contribution in [2.45, 2.75) is 26.1 Å². The van der Waals surface area contributed by atoms with E-state index in [1.165, 1.54) is 43.5 Å². The number of alkyl halides is 3. The highest BCUT2D eigenvalue weighted by atomic mass is 19.4. The number of ether oxygens (including phenoxy) is 3. The van der Waals surface area contributed by atoms with Crippen molar-refractivity contribution >= 4 is 17.5 Å². The van der Waals surface area contributed by atoms with Crippen molar-refractivity contribution < 1.29 is 37.0 Å². The van der Waals surface area contributed by atoms with Crippen LogP contribution in [-0.2, 0) is 4.79 Å². The van der Waals surface area contributed by atoms with E-state index in [2.05, 4.69) is 10.6 Å². The number of para-hydroxylation sites is 2. The largest absolute Gasteiger partial charge is 0.493 e. The zero-order valence-corrected chi connectivity index (χ0v) is 17.2. The molecule has 2 rings (SSSR count). The molecule has 0 aliphatic carbocycles. The van der Waals surface area contributed by atoms with E-state index in [1.807, 2.05) is 13.8 Å². The molecule has 0 fully saturated rings. The third-order valence-electron chi connectivity index (χ3n) is 3.76. The molecular formula is C21H23F3N2O5. The van der Waals surface area contributed by atoms with Crippen molar-refractivity contribution in [1.29, 1.82) is 0 Å². The highest BCUT2D eigenvalue weighted by molar-refractivity contribution is 6.05. The van der Waals surface area contributed by atoms with E-state index in [9.17, 15) is 22.8 Å². The van der Waals surface area contributed by atoms with Crippen LogP contribution in [0.25, 0.3) is 0 Å². The number of rotatable bonds is 9. The lowest BCUT2D eigenvalue weighted by Crippen LogP contribution is -2.34. The molecule has 0 saturated carbocycles. The van der Waals surface area contributed by atoms with Crippen molar-refractivity contribution in [2.24, 2.45) is 0 Å². The topological polar surface area (TPSA) is 85.9 Å². The molecule has 0 radical (unpaired) electrons. The van der Waals surface area contributed by atoms with E-state index in [4.69, 9.17) is 14.2 Å². The predicted molar refractivity (Wildman–Crippen MR) is 108 cm³/mol. The summed E-state index contributed by atoms with van der Waals surface area (Å²) < 4.78 is 52.7. The zero-order chi connectivity index (χ0) is 23.0. The molecular weight excluding hydrogens is 417 g/mol. The Bertz CT molecular complexity index is 916. The maximum atomic E-state index is 12.6. The number of hydrogen-bond acceptors (Lipinski definition) is 5. The Morgan fingerprint density at radius 1 is 1.00 bits per heavy atom. The number of nitrogens with one attached hydrogen (secondary N) is 2. The van der Waals surface area contributed by atoms with Gasteiger partial charge in [0.15, 0.2) is 24.7 Å².